The Bertz CT molecular complexity index is 374. The predicted molar refractivity (Wildman–Crippen MR) is 67.1 cm³/mol. The molecule has 0 spiro atoms. The van der Waals surface area contributed by atoms with E-state index in [1.807, 2.05) is 0 Å². The van der Waals surface area contributed by atoms with Crippen LogP contribution < -0.4 is 15.8 Å². The Morgan fingerprint density at radius 1 is 1.53 bits per heavy atom. The van der Waals surface area contributed by atoms with E-state index in [1.54, 1.807) is 6.92 Å². The van der Waals surface area contributed by atoms with E-state index in [0.717, 1.165) is 0 Å². The highest BCUT2D eigenvalue weighted by Crippen LogP contribution is 2.25. The third-order valence-corrected chi connectivity index (χ3v) is 1.89. The maximum absolute atomic E-state index is 12.9. The van der Waals surface area contributed by atoms with Crippen molar-refractivity contribution in [3.8, 4) is 5.75 Å². The fourth-order valence-electron chi connectivity index (χ4n) is 1.22. The van der Waals surface area contributed by atoms with E-state index in [2.05, 4.69) is 5.32 Å². The van der Waals surface area contributed by atoms with Gasteiger partial charge in [0, 0.05) is 19.0 Å². The monoisotopic (exact) mass is 262 g/mol. The lowest BCUT2D eigenvalue weighted by Crippen LogP contribution is -2.16. The number of rotatable bonds is 5. The van der Waals surface area contributed by atoms with Gasteiger partial charge in [-0.1, -0.05) is 0 Å². The zero-order chi connectivity index (χ0) is 12.0. The van der Waals surface area contributed by atoms with E-state index in [0.29, 0.717) is 18.0 Å². The number of hydrogen-bond donors (Lipinski definition) is 2. The molecule has 0 atom stereocenters. The number of halogens is 2. The van der Waals surface area contributed by atoms with Crippen LogP contribution >= 0.6 is 12.4 Å². The fourth-order valence-corrected chi connectivity index (χ4v) is 1.22. The molecule has 0 unspecified atom stereocenters. The van der Waals surface area contributed by atoms with Crippen LogP contribution in [0.5, 0.6) is 5.75 Å². The summed E-state index contributed by atoms with van der Waals surface area (Å²) in [5.74, 6) is -0.289. The fraction of sp³-hybridized carbons (Fsp3) is 0.364. The summed E-state index contributed by atoms with van der Waals surface area (Å²) in [6, 6.07) is 3.97. The molecule has 0 saturated heterocycles. The molecule has 4 nitrogen and oxygen atoms in total. The van der Waals surface area contributed by atoms with Crippen LogP contribution in [0.25, 0.3) is 0 Å². The van der Waals surface area contributed by atoms with Crippen LogP contribution in [0.4, 0.5) is 10.1 Å². The van der Waals surface area contributed by atoms with Gasteiger partial charge in [-0.3, -0.25) is 4.79 Å². The normalized spacial score (nSPS) is 9.35. The Morgan fingerprint density at radius 3 is 2.82 bits per heavy atom. The van der Waals surface area contributed by atoms with E-state index in [-0.39, 0.29) is 31.3 Å². The maximum atomic E-state index is 12.9. The summed E-state index contributed by atoms with van der Waals surface area (Å²) < 4.78 is 18.2. The van der Waals surface area contributed by atoms with Crippen LogP contribution in [0.1, 0.15) is 13.3 Å². The van der Waals surface area contributed by atoms with Gasteiger partial charge in [0.1, 0.15) is 11.6 Å². The molecule has 0 bridgehead atoms. The number of carbonyl (C=O) groups excluding carboxylic acids is 1. The van der Waals surface area contributed by atoms with Crippen molar-refractivity contribution in [2.45, 2.75) is 13.3 Å². The van der Waals surface area contributed by atoms with Gasteiger partial charge in [0.15, 0.2) is 0 Å². The lowest BCUT2D eigenvalue weighted by atomic mass is 10.2. The quantitative estimate of drug-likeness (QED) is 0.852. The molecule has 0 aromatic heterocycles. The van der Waals surface area contributed by atoms with Crippen LogP contribution in [0.15, 0.2) is 18.2 Å². The number of nitrogens with one attached hydrogen (secondary N) is 1. The molecule has 1 aromatic rings. The Labute approximate surface area is 106 Å². The number of amides is 1. The van der Waals surface area contributed by atoms with Gasteiger partial charge in [0.05, 0.1) is 12.3 Å². The van der Waals surface area contributed by atoms with Crippen LogP contribution in [0.3, 0.4) is 0 Å². The van der Waals surface area contributed by atoms with E-state index in [4.69, 9.17) is 10.5 Å². The maximum Gasteiger partial charge on any atom is 0.225 e. The summed E-state index contributed by atoms with van der Waals surface area (Å²) >= 11 is 0. The number of benzene rings is 1. The van der Waals surface area contributed by atoms with Gasteiger partial charge < -0.3 is 15.8 Å². The largest absolute Gasteiger partial charge is 0.492 e. The third kappa shape index (κ3) is 5.01. The van der Waals surface area contributed by atoms with E-state index >= 15 is 0 Å². The zero-order valence-electron chi connectivity index (χ0n) is 9.53. The molecule has 0 aliphatic carbocycles. The van der Waals surface area contributed by atoms with Crippen LogP contribution in [0, 0.1) is 5.82 Å². The van der Waals surface area contributed by atoms with E-state index in [9.17, 15) is 9.18 Å². The minimum Gasteiger partial charge on any atom is -0.492 e. The molecule has 1 rings (SSSR count). The lowest BCUT2D eigenvalue weighted by Gasteiger charge is -2.11. The molecule has 1 amide bonds. The highest BCUT2D eigenvalue weighted by atomic mass is 35.5. The number of anilines is 1. The molecule has 0 heterocycles. The molecular weight excluding hydrogens is 247 g/mol. The minimum absolute atomic E-state index is 0. The van der Waals surface area contributed by atoms with Crippen molar-refractivity contribution >= 4 is 24.0 Å². The van der Waals surface area contributed by atoms with Gasteiger partial charge in [0.2, 0.25) is 5.91 Å². The van der Waals surface area contributed by atoms with E-state index < -0.39 is 5.82 Å². The first-order valence-electron chi connectivity index (χ1n) is 5.09. The smallest absolute Gasteiger partial charge is 0.225 e. The van der Waals surface area contributed by atoms with Crippen molar-refractivity contribution in [1.29, 1.82) is 0 Å². The Balaban J connectivity index is 0.00000256. The summed E-state index contributed by atoms with van der Waals surface area (Å²) in [7, 11) is 0. The average Bonchev–Trinajstić information content (AvgIpc) is 2.23. The number of carbonyl (C=O) groups is 1. The molecule has 3 N–H and O–H groups in total. The summed E-state index contributed by atoms with van der Waals surface area (Å²) in [5, 5.41) is 2.61. The molecule has 0 fully saturated rings. The Hall–Kier alpha value is -1.33. The van der Waals surface area contributed by atoms with Crippen molar-refractivity contribution in [3.63, 3.8) is 0 Å². The summed E-state index contributed by atoms with van der Waals surface area (Å²) in [4.78, 5) is 11.3. The van der Waals surface area contributed by atoms with Gasteiger partial charge >= 0.3 is 0 Å². The van der Waals surface area contributed by atoms with Gasteiger partial charge in [-0.25, -0.2) is 4.39 Å². The van der Waals surface area contributed by atoms with Crippen molar-refractivity contribution in [2.75, 3.05) is 18.5 Å². The first-order valence-corrected chi connectivity index (χ1v) is 5.09. The van der Waals surface area contributed by atoms with Crippen molar-refractivity contribution in [3.05, 3.63) is 24.0 Å². The molecular formula is C11H16ClFN2O2. The second kappa shape index (κ2) is 7.86. The summed E-state index contributed by atoms with van der Waals surface area (Å²) in [5.41, 5.74) is 5.71. The zero-order valence-corrected chi connectivity index (χ0v) is 10.3. The highest BCUT2D eigenvalue weighted by molar-refractivity contribution is 5.92. The molecule has 0 radical (unpaired) electrons. The third-order valence-electron chi connectivity index (χ3n) is 1.89. The Morgan fingerprint density at radius 2 is 2.24 bits per heavy atom. The van der Waals surface area contributed by atoms with Crippen molar-refractivity contribution in [1.82, 2.24) is 0 Å². The van der Waals surface area contributed by atoms with Gasteiger partial charge in [0.25, 0.3) is 0 Å². The topological polar surface area (TPSA) is 64.3 Å². The van der Waals surface area contributed by atoms with E-state index in [1.165, 1.54) is 18.2 Å². The molecule has 6 heteroatoms. The molecule has 17 heavy (non-hydrogen) atoms. The number of nitrogens with two attached hydrogens (primary N) is 1. The summed E-state index contributed by atoms with van der Waals surface area (Å²) in [6.07, 6.45) is 0.225. The van der Waals surface area contributed by atoms with Crippen molar-refractivity contribution in [2.24, 2.45) is 5.73 Å². The molecule has 0 aliphatic heterocycles. The Kier molecular flexibility index (Phi) is 7.25. The molecule has 0 saturated carbocycles. The highest BCUT2D eigenvalue weighted by Gasteiger charge is 2.08. The minimum atomic E-state index is -0.403. The first-order chi connectivity index (χ1) is 7.67. The SMILES string of the molecule is CCOc1cc(F)ccc1NC(=O)CCN.Cl. The second-order valence-corrected chi connectivity index (χ2v) is 3.16. The molecule has 1 aromatic carbocycles. The average molecular weight is 263 g/mol. The number of ether oxygens (including phenoxy) is 1. The van der Waals surface area contributed by atoms with Crippen LogP contribution in [0.2, 0.25) is 0 Å². The molecule has 0 aliphatic rings. The van der Waals surface area contributed by atoms with Crippen molar-refractivity contribution < 1.29 is 13.9 Å². The van der Waals surface area contributed by atoms with Crippen LogP contribution in [-0.2, 0) is 4.79 Å². The van der Waals surface area contributed by atoms with Crippen LogP contribution in [-0.4, -0.2) is 19.1 Å². The lowest BCUT2D eigenvalue weighted by molar-refractivity contribution is -0.116. The second-order valence-electron chi connectivity index (χ2n) is 3.16. The summed E-state index contributed by atoms with van der Waals surface area (Å²) in [6.45, 7) is 2.47. The number of hydrogen-bond acceptors (Lipinski definition) is 3. The van der Waals surface area contributed by atoms with Gasteiger partial charge in [-0.2, -0.15) is 0 Å². The van der Waals surface area contributed by atoms with Gasteiger partial charge in [-0.15, -0.1) is 12.4 Å². The van der Waals surface area contributed by atoms with Gasteiger partial charge in [-0.05, 0) is 19.1 Å². The molecule has 96 valence electrons. The standard InChI is InChI=1S/C11H15FN2O2.ClH/c1-2-16-10-7-8(12)3-4-9(10)14-11(15)5-6-13;/h3-4,7H,2,5-6,13H2,1H3,(H,14,15);1H. The predicted octanol–water partition coefficient (Wildman–Crippen LogP) is 1.93. The first kappa shape index (κ1) is 15.7.